The zero-order valence-electron chi connectivity index (χ0n) is 10.8. The van der Waals surface area contributed by atoms with Crippen LogP contribution in [0.5, 0.6) is 0 Å². The average Bonchev–Trinajstić information content (AvgIpc) is 2.48. The number of carboxylic acid groups (broad SMARTS) is 1. The van der Waals surface area contributed by atoms with Crippen LogP contribution < -0.4 is 5.43 Å². The first-order chi connectivity index (χ1) is 10.1. The van der Waals surface area contributed by atoms with Crippen LogP contribution >= 0.6 is 0 Å². The highest BCUT2D eigenvalue weighted by Crippen LogP contribution is 2.07. The SMILES string of the molecule is O=C(N/N=C\c1ccccc1C(=O)O)c1ccccc1F. The Labute approximate surface area is 119 Å². The van der Waals surface area contributed by atoms with E-state index >= 15 is 0 Å². The molecule has 1 amide bonds. The molecular formula is C15H11FN2O3. The molecule has 0 aromatic heterocycles. The summed E-state index contributed by atoms with van der Waals surface area (Å²) in [5, 5.41) is 12.6. The van der Waals surface area contributed by atoms with Crippen LogP contribution in [0.3, 0.4) is 0 Å². The molecule has 6 heteroatoms. The number of carboxylic acids is 1. The molecule has 5 nitrogen and oxygen atoms in total. The molecule has 0 aliphatic carbocycles. The van der Waals surface area contributed by atoms with E-state index in [4.69, 9.17) is 5.11 Å². The summed E-state index contributed by atoms with van der Waals surface area (Å²) in [5.41, 5.74) is 2.40. The van der Waals surface area contributed by atoms with Crippen molar-refractivity contribution in [1.82, 2.24) is 5.43 Å². The first-order valence-electron chi connectivity index (χ1n) is 6.00. The Hall–Kier alpha value is -3.02. The van der Waals surface area contributed by atoms with Gasteiger partial charge < -0.3 is 5.11 Å². The van der Waals surface area contributed by atoms with E-state index in [-0.39, 0.29) is 11.1 Å². The number of rotatable bonds is 4. The van der Waals surface area contributed by atoms with Crippen molar-refractivity contribution >= 4 is 18.1 Å². The lowest BCUT2D eigenvalue weighted by Crippen LogP contribution is -2.19. The predicted octanol–water partition coefficient (Wildman–Crippen LogP) is 2.29. The summed E-state index contributed by atoms with van der Waals surface area (Å²) >= 11 is 0. The predicted molar refractivity (Wildman–Crippen MR) is 74.9 cm³/mol. The molecule has 0 heterocycles. The third-order valence-corrected chi connectivity index (χ3v) is 2.68. The van der Waals surface area contributed by atoms with E-state index in [2.05, 4.69) is 10.5 Å². The first-order valence-corrected chi connectivity index (χ1v) is 6.00. The van der Waals surface area contributed by atoms with Gasteiger partial charge in [-0.2, -0.15) is 5.10 Å². The Balaban J connectivity index is 2.12. The monoisotopic (exact) mass is 286 g/mol. The van der Waals surface area contributed by atoms with E-state index in [0.717, 1.165) is 0 Å². The van der Waals surface area contributed by atoms with Gasteiger partial charge in [0.05, 0.1) is 17.3 Å². The zero-order valence-corrected chi connectivity index (χ0v) is 10.8. The fraction of sp³-hybridized carbons (Fsp3) is 0. The van der Waals surface area contributed by atoms with Gasteiger partial charge in [-0.05, 0) is 18.2 Å². The second-order valence-corrected chi connectivity index (χ2v) is 4.07. The summed E-state index contributed by atoms with van der Waals surface area (Å²) in [7, 11) is 0. The van der Waals surface area contributed by atoms with Crippen molar-refractivity contribution < 1.29 is 19.1 Å². The van der Waals surface area contributed by atoms with Crippen molar-refractivity contribution in [2.24, 2.45) is 5.10 Å². The minimum atomic E-state index is -1.10. The topological polar surface area (TPSA) is 78.8 Å². The highest BCUT2D eigenvalue weighted by molar-refractivity contribution is 5.99. The van der Waals surface area contributed by atoms with E-state index in [1.165, 1.54) is 36.5 Å². The Bertz CT molecular complexity index is 714. The molecule has 21 heavy (non-hydrogen) atoms. The van der Waals surface area contributed by atoms with Crippen molar-refractivity contribution in [3.8, 4) is 0 Å². The van der Waals surface area contributed by atoms with Gasteiger partial charge in [-0.3, -0.25) is 4.79 Å². The van der Waals surface area contributed by atoms with Gasteiger partial charge in [0.2, 0.25) is 0 Å². The Morgan fingerprint density at radius 2 is 1.67 bits per heavy atom. The third kappa shape index (κ3) is 3.50. The zero-order chi connectivity index (χ0) is 15.2. The van der Waals surface area contributed by atoms with Crippen LogP contribution in [0.4, 0.5) is 4.39 Å². The maximum absolute atomic E-state index is 13.4. The van der Waals surface area contributed by atoms with Gasteiger partial charge in [-0.1, -0.05) is 30.3 Å². The lowest BCUT2D eigenvalue weighted by atomic mass is 10.1. The standard InChI is InChI=1S/C15H11FN2O3/c16-13-8-4-3-7-12(13)14(19)18-17-9-10-5-1-2-6-11(10)15(20)21/h1-9H,(H,18,19)(H,20,21)/b17-9-. The van der Waals surface area contributed by atoms with Gasteiger partial charge in [0, 0.05) is 5.56 Å². The van der Waals surface area contributed by atoms with Crippen LogP contribution in [0.15, 0.2) is 53.6 Å². The summed E-state index contributed by atoms with van der Waals surface area (Å²) in [6.07, 6.45) is 1.20. The number of carbonyl (C=O) groups is 2. The van der Waals surface area contributed by atoms with Gasteiger partial charge in [0.1, 0.15) is 5.82 Å². The molecule has 2 aromatic carbocycles. The summed E-state index contributed by atoms with van der Waals surface area (Å²) in [6, 6.07) is 11.7. The Kier molecular flexibility index (Phi) is 4.40. The van der Waals surface area contributed by atoms with E-state index < -0.39 is 17.7 Å². The molecule has 0 radical (unpaired) electrons. The van der Waals surface area contributed by atoms with Gasteiger partial charge >= 0.3 is 5.97 Å². The summed E-state index contributed by atoms with van der Waals surface area (Å²) < 4.78 is 13.4. The maximum Gasteiger partial charge on any atom is 0.336 e. The third-order valence-electron chi connectivity index (χ3n) is 2.68. The molecule has 2 rings (SSSR count). The number of aromatic carboxylic acids is 1. The van der Waals surface area contributed by atoms with Gasteiger partial charge in [0.15, 0.2) is 0 Å². The number of hydrogen-bond acceptors (Lipinski definition) is 3. The molecule has 0 aliphatic heterocycles. The van der Waals surface area contributed by atoms with Crippen molar-refractivity contribution in [2.45, 2.75) is 0 Å². The molecule has 0 unspecified atom stereocenters. The molecule has 0 aliphatic rings. The second-order valence-electron chi connectivity index (χ2n) is 4.07. The van der Waals surface area contributed by atoms with Crippen molar-refractivity contribution in [3.63, 3.8) is 0 Å². The normalized spacial score (nSPS) is 10.5. The summed E-state index contributed by atoms with van der Waals surface area (Å²) in [4.78, 5) is 22.7. The molecule has 0 saturated heterocycles. The molecule has 106 valence electrons. The molecule has 0 saturated carbocycles. The number of amides is 1. The first kappa shape index (κ1) is 14.4. The maximum atomic E-state index is 13.4. The van der Waals surface area contributed by atoms with Gasteiger partial charge in [-0.15, -0.1) is 0 Å². The number of hydrazone groups is 1. The number of halogens is 1. The minimum Gasteiger partial charge on any atom is -0.478 e. The quantitative estimate of drug-likeness (QED) is 0.668. The number of nitrogens with zero attached hydrogens (tertiary/aromatic N) is 1. The van der Waals surface area contributed by atoms with Crippen LogP contribution in [-0.2, 0) is 0 Å². The van der Waals surface area contributed by atoms with E-state index in [1.54, 1.807) is 18.2 Å². The van der Waals surface area contributed by atoms with Crippen LogP contribution in [0.2, 0.25) is 0 Å². The van der Waals surface area contributed by atoms with E-state index in [0.29, 0.717) is 5.56 Å². The molecule has 0 fully saturated rings. The molecule has 2 aromatic rings. The minimum absolute atomic E-state index is 0.0568. The number of benzene rings is 2. The molecule has 0 spiro atoms. The van der Waals surface area contributed by atoms with Gasteiger partial charge in [0.25, 0.3) is 5.91 Å². The van der Waals surface area contributed by atoms with Crippen molar-refractivity contribution in [3.05, 3.63) is 71.0 Å². The molecule has 0 atom stereocenters. The van der Waals surface area contributed by atoms with Crippen molar-refractivity contribution in [2.75, 3.05) is 0 Å². The van der Waals surface area contributed by atoms with E-state index in [9.17, 15) is 14.0 Å². The highest BCUT2D eigenvalue weighted by Gasteiger charge is 2.10. The Morgan fingerprint density at radius 1 is 1.05 bits per heavy atom. The van der Waals surface area contributed by atoms with Gasteiger partial charge in [-0.25, -0.2) is 14.6 Å². The van der Waals surface area contributed by atoms with Crippen LogP contribution in [0.25, 0.3) is 0 Å². The molecule has 0 bridgehead atoms. The fourth-order valence-electron chi connectivity index (χ4n) is 1.67. The lowest BCUT2D eigenvalue weighted by Gasteiger charge is -2.02. The number of hydrogen-bond donors (Lipinski definition) is 2. The largest absolute Gasteiger partial charge is 0.478 e. The number of carbonyl (C=O) groups excluding carboxylic acids is 1. The molecule has 2 N–H and O–H groups in total. The number of nitrogens with one attached hydrogen (secondary N) is 1. The van der Waals surface area contributed by atoms with Crippen LogP contribution in [0, 0.1) is 5.82 Å². The van der Waals surface area contributed by atoms with Crippen LogP contribution in [0.1, 0.15) is 26.3 Å². The highest BCUT2D eigenvalue weighted by atomic mass is 19.1. The molecular weight excluding hydrogens is 275 g/mol. The van der Waals surface area contributed by atoms with Crippen LogP contribution in [-0.4, -0.2) is 23.2 Å². The van der Waals surface area contributed by atoms with Crippen molar-refractivity contribution in [1.29, 1.82) is 0 Å². The lowest BCUT2D eigenvalue weighted by molar-refractivity contribution is 0.0696. The van der Waals surface area contributed by atoms with E-state index in [1.807, 2.05) is 0 Å². The fourth-order valence-corrected chi connectivity index (χ4v) is 1.67. The average molecular weight is 286 g/mol. The smallest absolute Gasteiger partial charge is 0.336 e. The summed E-state index contributed by atoms with van der Waals surface area (Å²) in [5.74, 6) is -2.47. The second kappa shape index (κ2) is 6.42. The summed E-state index contributed by atoms with van der Waals surface area (Å²) in [6.45, 7) is 0. The Morgan fingerprint density at radius 3 is 2.33 bits per heavy atom.